The van der Waals surface area contributed by atoms with Crippen LogP contribution in [0, 0.1) is 0 Å². The van der Waals surface area contributed by atoms with E-state index in [4.69, 9.17) is 0 Å². The summed E-state index contributed by atoms with van der Waals surface area (Å²) >= 11 is 1.81. The van der Waals surface area contributed by atoms with Crippen molar-refractivity contribution >= 4 is 11.3 Å². The van der Waals surface area contributed by atoms with Crippen molar-refractivity contribution in [3.05, 3.63) is 34.3 Å². The third-order valence-electron chi connectivity index (χ3n) is 3.22. The predicted octanol–water partition coefficient (Wildman–Crippen LogP) is 3.73. The van der Waals surface area contributed by atoms with Crippen molar-refractivity contribution in [1.29, 1.82) is 0 Å². The Kier molecular flexibility index (Phi) is 4.94. The van der Waals surface area contributed by atoms with Crippen molar-refractivity contribution in [3.8, 4) is 0 Å². The van der Waals surface area contributed by atoms with Crippen LogP contribution in [0.15, 0.2) is 23.7 Å². The lowest BCUT2D eigenvalue weighted by Crippen LogP contribution is -2.22. The van der Waals surface area contributed by atoms with Crippen molar-refractivity contribution in [1.82, 2.24) is 20.3 Å². The Bertz CT molecular complexity index is 510. The topological polar surface area (TPSA) is 42.7 Å². The summed E-state index contributed by atoms with van der Waals surface area (Å²) in [4.78, 5) is 1.40. The highest BCUT2D eigenvalue weighted by molar-refractivity contribution is 7.10. The molecule has 0 aliphatic carbocycles. The zero-order valence-electron chi connectivity index (χ0n) is 12.8. The van der Waals surface area contributed by atoms with Gasteiger partial charge in [0.2, 0.25) is 0 Å². The minimum absolute atomic E-state index is 0.0121. The van der Waals surface area contributed by atoms with Crippen molar-refractivity contribution in [2.45, 2.75) is 58.7 Å². The van der Waals surface area contributed by atoms with Gasteiger partial charge in [-0.15, -0.1) is 16.4 Å². The minimum Gasteiger partial charge on any atom is -0.303 e. The maximum atomic E-state index is 4.25. The summed E-state index contributed by atoms with van der Waals surface area (Å²) in [5.74, 6) is 0. The van der Waals surface area contributed by atoms with Gasteiger partial charge in [0.1, 0.15) is 0 Å². The van der Waals surface area contributed by atoms with Crippen molar-refractivity contribution in [2.75, 3.05) is 0 Å². The van der Waals surface area contributed by atoms with Gasteiger partial charge in [0.05, 0.1) is 17.4 Å². The van der Waals surface area contributed by atoms with Crippen LogP contribution >= 0.6 is 11.3 Å². The van der Waals surface area contributed by atoms with Gasteiger partial charge in [-0.2, -0.15) is 0 Å². The molecule has 0 aromatic carbocycles. The summed E-state index contributed by atoms with van der Waals surface area (Å²) in [6, 6.07) is 4.73. The lowest BCUT2D eigenvalue weighted by Gasteiger charge is -2.18. The molecule has 5 heteroatoms. The number of nitrogens with one attached hydrogen (secondary N) is 1. The molecule has 4 nitrogen and oxygen atoms in total. The van der Waals surface area contributed by atoms with Crippen molar-refractivity contribution < 1.29 is 0 Å². The molecule has 0 radical (unpaired) electrons. The zero-order valence-corrected chi connectivity index (χ0v) is 13.6. The molecule has 0 aliphatic heterocycles. The molecule has 1 unspecified atom stereocenters. The Morgan fingerprint density at radius 1 is 1.40 bits per heavy atom. The predicted molar refractivity (Wildman–Crippen MR) is 83.8 cm³/mol. The zero-order chi connectivity index (χ0) is 14.6. The highest BCUT2D eigenvalue weighted by Gasteiger charge is 2.16. The van der Waals surface area contributed by atoms with Gasteiger partial charge in [-0.25, -0.2) is 4.68 Å². The van der Waals surface area contributed by atoms with Crippen LogP contribution in [0.1, 0.15) is 57.1 Å². The normalized spacial score (nSPS) is 13.6. The van der Waals surface area contributed by atoms with Crippen LogP contribution in [0.5, 0.6) is 0 Å². The Morgan fingerprint density at radius 2 is 2.20 bits per heavy atom. The molecular formula is C15H24N4S. The Balaban J connectivity index is 1.97. The molecule has 20 heavy (non-hydrogen) atoms. The van der Waals surface area contributed by atoms with Gasteiger partial charge in [0.25, 0.3) is 0 Å². The van der Waals surface area contributed by atoms with Crippen LogP contribution in [0.4, 0.5) is 0 Å². The standard InChI is InChI=1S/C15H24N4S/c1-5-7-13(14-8-6-9-20-14)16-10-12-11-19(18-17-12)15(2,3)4/h6,8-9,11,13,16H,5,7,10H2,1-4H3. The molecule has 2 aromatic heterocycles. The summed E-state index contributed by atoms with van der Waals surface area (Å²) in [7, 11) is 0. The second-order valence-electron chi connectivity index (χ2n) is 6.06. The fourth-order valence-corrected chi connectivity index (χ4v) is 2.89. The van der Waals surface area contributed by atoms with E-state index in [1.165, 1.54) is 11.3 Å². The van der Waals surface area contributed by atoms with Crippen LogP contribution in [0.3, 0.4) is 0 Å². The molecule has 2 heterocycles. The fraction of sp³-hybridized carbons (Fsp3) is 0.600. The Labute approximate surface area is 125 Å². The van der Waals surface area contributed by atoms with Gasteiger partial charge in [0.15, 0.2) is 0 Å². The minimum atomic E-state index is -0.0121. The monoisotopic (exact) mass is 292 g/mol. The number of thiophene rings is 1. The third kappa shape index (κ3) is 3.90. The maximum absolute atomic E-state index is 4.25. The smallest absolute Gasteiger partial charge is 0.0965 e. The van der Waals surface area contributed by atoms with Gasteiger partial charge in [-0.3, -0.25) is 0 Å². The summed E-state index contributed by atoms with van der Waals surface area (Å²) in [6.07, 6.45) is 4.35. The van der Waals surface area contributed by atoms with E-state index in [9.17, 15) is 0 Å². The molecule has 1 N–H and O–H groups in total. The van der Waals surface area contributed by atoms with Crippen molar-refractivity contribution in [3.63, 3.8) is 0 Å². The van der Waals surface area contributed by atoms with Gasteiger partial charge in [-0.05, 0) is 38.6 Å². The Hall–Kier alpha value is -1.20. The average Bonchev–Trinajstić information content (AvgIpc) is 3.04. The first kappa shape index (κ1) is 15.2. The first-order chi connectivity index (χ1) is 9.50. The lowest BCUT2D eigenvalue weighted by atomic mass is 10.1. The van der Waals surface area contributed by atoms with E-state index in [-0.39, 0.29) is 5.54 Å². The van der Waals surface area contributed by atoms with E-state index in [1.807, 2.05) is 22.2 Å². The quantitative estimate of drug-likeness (QED) is 0.882. The average molecular weight is 292 g/mol. The van der Waals surface area contributed by atoms with Crippen LogP contribution in [-0.4, -0.2) is 15.0 Å². The third-order valence-corrected chi connectivity index (χ3v) is 4.21. The fourth-order valence-electron chi connectivity index (χ4n) is 2.06. The van der Waals surface area contributed by atoms with Crippen LogP contribution in [0.2, 0.25) is 0 Å². The van der Waals surface area contributed by atoms with Gasteiger partial charge in [-0.1, -0.05) is 24.6 Å². The molecule has 0 amide bonds. The van der Waals surface area contributed by atoms with Crippen LogP contribution in [0.25, 0.3) is 0 Å². The largest absolute Gasteiger partial charge is 0.303 e. The molecule has 0 saturated carbocycles. The summed E-state index contributed by atoms with van der Waals surface area (Å²) in [5, 5.41) is 14.2. The molecule has 110 valence electrons. The molecule has 0 bridgehead atoms. The van der Waals surface area contributed by atoms with E-state index in [0.717, 1.165) is 18.7 Å². The number of hydrogen-bond acceptors (Lipinski definition) is 4. The second kappa shape index (κ2) is 6.50. The SMILES string of the molecule is CCCC(NCc1cn(C(C)(C)C)nn1)c1cccs1. The van der Waals surface area contributed by atoms with E-state index in [2.05, 4.69) is 60.8 Å². The van der Waals surface area contributed by atoms with Gasteiger partial charge in [0, 0.05) is 17.5 Å². The molecule has 2 aromatic rings. The number of nitrogens with zero attached hydrogens (tertiary/aromatic N) is 3. The molecule has 1 atom stereocenters. The molecule has 2 rings (SSSR count). The first-order valence-corrected chi connectivity index (χ1v) is 8.07. The molecule has 0 spiro atoms. The highest BCUT2D eigenvalue weighted by Crippen LogP contribution is 2.23. The first-order valence-electron chi connectivity index (χ1n) is 7.19. The molecular weight excluding hydrogens is 268 g/mol. The van der Waals surface area contributed by atoms with Crippen molar-refractivity contribution in [2.24, 2.45) is 0 Å². The number of hydrogen-bond donors (Lipinski definition) is 1. The van der Waals surface area contributed by atoms with Gasteiger partial charge < -0.3 is 5.32 Å². The second-order valence-corrected chi connectivity index (χ2v) is 7.04. The van der Waals surface area contributed by atoms with E-state index in [0.29, 0.717) is 6.04 Å². The summed E-state index contributed by atoms with van der Waals surface area (Å²) in [5.41, 5.74) is 0.986. The summed E-state index contributed by atoms with van der Waals surface area (Å²) in [6.45, 7) is 9.37. The van der Waals surface area contributed by atoms with Gasteiger partial charge >= 0.3 is 0 Å². The summed E-state index contributed by atoms with van der Waals surface area (Å²) < 4.78 is 1.92. The van der Waals surface area contributed by atoms with E-state index < -0.39 is 0 Å². The lowest BCUT2D eigenvalue weighted by molar-refractivity contribution is 0.346. The number of aromatic nitrogens is 3. The molecule has 0 fully saturated rings. The Morgan fingerprint density at radius 3 is 2.75 bits per heavy atom. The molecule has 0 aliphatic rings. The van der Waals surface area contributed by atoms with Crippen LogP contribution in [-0.2, 0) is 12.1 Å². The molecule has 0 saturated heterocycles. The van der Waals surface area contributed by atoms with Crippen LogP contribution < -0.4 is 5.32 Å². The highest BCUT2D eigenvalue weighted by atomic mass is 32.1. The number of rotatable bonds is 6. The van der Waals surface area contributed by atoms with E-state index >= 15 is 0 Å². The maximum Gasteiger partial charge on any atom is 0.0965 e. The van der Waals surface area contributed by atoms with E-state index in [1.54, 1.807) is 0 Å².